The van der Waals surface area contributed by atoms with E-state index in [1.54, 1.807) is 21.6 Å². The highest BCUT2D eigenvalue weighted by Gasteiger charge is 2.18. The molecular weight excluding hydrogens is 449 g/mol. The van der Waals surface area contributed by atoms with Gasteiger partial charge in [0.2, 0.25) is 0 Å². The maximum absolute atomic E-state index is 12.8. The lowest BCUT2D eigenvalue weighted by Crippen LogP contribution is -2.16. The second-order valence-electron chi connectivity index (χ2n) is 7.65. The highest BCUT2D eigenvalue weighted by molar-refractivity contribution is 6.31. The minimum atomic E-state index is -0.299. The van der Waals surface area contributed by atoms with Crippen LogP contribution in [0.25, 0.3) is 0 Å². The Kier molecular flexibility index (Phi) is 6.08. The zero-order valence-electron chi connectivity index (χ0n) is 18.2. The molecule has 0 bridgehead atoms. The van der Waals surface area contributed by atoms with Gasteiger partial charge in [-0.25, -0.2) is 4.68 Å². The first-order valence-electron chi connectivity index (χ1n) is 10.1. The number of aromatic nitrogens is 6. The third-order valence-corrected chi connectivity index (χ3v) is 6.11. The van der Waals surface area contributed by atoms with E-state index >= 15 is 0 Å². The predicted octanol–water partition coefficient (Wildman–Crippen LogP) is 4.62. The Bertz CT molecular complexity index is 1280. The molecule has 0 aliphatic rings. The first-order chi connectivity index (χ1) is 15.2. The van der Waals surface area contributed by atoms with Gasteiger partial charge < -0.3 is 5.32 Å². The van der Waals surface area contributed by atoms with Gasteiger partial charge in [0.1, 0.15) is 6.67 Å². The molecule has 8 nitrogen and oxygen atoms in total. The van der Waals surface area contributed by atoms with Crippen LogP contribution in [0.5, 0.6) is 0 Å². The molecule has 0 aliphatic heterocycles. The third-order valence-electron chi connectivity index (χ3n) is 5.31. The number of nitrogens with one attached hydrogen (secondary N) is 1. The van der Waals surface area contributed by atoms with Crippen LogP contribution in [0.3, 0.4) is 0 Å². The fourth-order valence-corrected chi connectivity index (χ4v) is 3.74. The van der Waals surface area contributed by atoms with E-state index in [1.807, 2.05) is 56.6 Å². The molecule has 0 saturated heterocycles. The number of aryl methyl sites for hydroxylation is 2. The Morgan fingerprint density at radius 3 is 2.25 bits per heavy atom. The second kappa shape index (κ2) is 8.80. The van der Waals surface area contributed by atoms with Crippen LogP contribution < -0.4 is 5.32 Å². The number of hydrogen-bond donors (Lipinski definition) is 1. The van der Waals surface area contributed by atoms with Crippen molar-refractivity contribution in [2.75, 3.05) is 5.32 Å². The summed E-state index contributed by atoms with van der Waals surface area (Å²) in [5, 5.41) is 17.6. The van der Waals surface area contributed by atoms with E-state index in [-0.39, 0.29) is 5.91 Å². The molecule has 1 aromatic carbocycles. The summed E-state index contributed by atoms with van der Waals surface area (Å²) in [4.78, 5) is 12.8. The first kappa shape index (κ1) is 22.1. The van der Waals surface area contributed by atoms with Crippen LogP contribution in [-0.2, 0) is 13.2 Å². The molecule has 0 saturated carbocycles. The molecule has 1 N–H and O–H groups in total. The molecule has 32 heavy (non-hydrogen) atoms. The van der Waals surface area contributed by atoms with E-state index in [0.29, 0.717) is 34.6 Å². The third kappa shape index (κ3) is 4.42. The normalized spacial score (nSPS) is 11.2. The molecule has 0 fully saturated rings. The van der Waals surface area contributed by atoms with E-state index in [4.69, 9.17) is 23.2 Å². The molecular formula is C22H23Cl2N7O. The van der Waals surface area contributed by atoms with E-state index in [1.165, 1.54) is 0 Å². The fourth-order valence-electron chi connectivity index (χ4n) is 3.48. The first-order valence-corrected chi connectivity index (χ1v) is 10.8. The lowest BCUT2D eigenvalue weighted by atomic mass is 10.2. The minimum absolute atomic E-state index is 0.299. The van der Waals surface area contributed by atoms with E-state index in [0.717, 1.165) is 28.3 Å². The van der Waals surface area contributed by atoms with Gasteiger partial charge in [-0.2, -0.15) is 15.3 Å². The van der Waals surface area contributed by atoms with Crippen molar-refractivity contribution in [3.8, 4) is 0 Å². The highest BCUT2D eigenvalue weighted by Crippen LogP contribution is 2.22. The van der Waals surface area contributed by atoms with Gasteiger partial charge in [-0.15, -0.1) is 0 Å². The Balaban J connectivity index is 1.48. The summed E-state index contributed by atoms with van der Waals surface area (Å²) in [6, 6.07) is 9.29. The maximum Gasteiger partial charge on any atom is 0.276 e. The van der Waals surface area contributed by atoms with Gasteiger partial charge >= 0.3 is 0 Å². The van der Waals surface area contributed by atoms with Crippen molar-refractivity contribution < 1.29 is 4.79 Å². The number of nitrogens with zero attached hydrogens (tertiary/aromatic N) is 6. The Labute approximate surface area is 195 Å². The van der Waals surface area contributed by atoms with Crippen LogP contribution >= 0.6 is 23.2 Å². The summed E-state index contributed by atoms with van der Waals surface area (Å²) in [6.07, 6.45) is 1.74. The van der Waals surface area contributed by atoms with Crippen LogP contribution in [0.15, 0.2) is 36.5 Å². The number of anilines is 1. The molecule has 3 aromatic heterocycles. The lowest BCUT2D eigenvalue weighted by molar-refractivity contribution is 0.102. The average molecular weight is 472 g/mol. The minimum Gasteiger partial charge on any atom is -0.317 e. The van der Waals surface area contributed by atoms with Crippen LogP contribution in [0.4, 0.5) is 5.69 Å². The van der Waals surface area contributed by atoms with Crippen molar-refractivity contribution in [1.82, 2.24) is 29.3 Å². The zero-order valence-corrected chi connectivity index (χ0v) is 19.7. The molecule has 4 aromatic rings. The van der Waals surface area contributed by atoms with Crippen LogP contribution in [0, 0.1) is 27.7 Å². The zero-order chi connectivity index (χ0) is 23.0. The Hall–Kier alpha value is -3.10. The van der Waals surface area contributed by atoms with Crippen LogP contribution in [-0.4, -0.2) is 35.2 Å². The summed E-state index contributed by atoms with van der Waals surface area (Å²) < 4.78 is 5.26. The Morgan fingerprint density at radius 2 is 1.59 bits per heavy atom. The fraction of sp³-hybridized carbons (Fsp3) is 0.273. The summed E-state index contributed by atoms with van der Waals surface area (Å²) in [7, 11) is 0. The summed E-state index contributed by atoms with van der Waals surface area (Å²) in [5.41, 5.74) is 5.27. The van der Waals surface area contributed by atoms with E-state index in [2.05, 4.69) is 20.6 Å². The highest BCUT2D eigenvalue weighted by atomic mass is 35.5. The van der Waals surface area contributed by atoms with Crippen molar-refractivity contribution in [2.24, 2.45) is 0 Å². The van der Waals surface area contributed by atoms with Gasteiger partial charge in [-0.05, 0) is 51.5 Å². The summed E-state index contributed by atoms with van der Waals surface area (Å²) in [6.45, 7) is 8.49. The van der Waals surface area contributed by atoms with Gasteiger partial charge in [-0.3, -0.25) is 14.2 Å². The summed E-state index contributed by atoms with van der Waals surface area (Å²) >= 11 is 12.2. The standard InChI is InChI=1S/C22H23Cl2N7O/c1-13-20(24)15(3)31(26-13)12-29-10-9-19(28-29)22(32)25-21-14(2)27-30(16(21)4)11-17-5-7-18(23)8-6-17/h5-10H,11-12H2,1-4H3,(H,25,32). The van der Waals surface area contributed by atoms with Crippen molar-refractivity contribution in [2.45, 2.75) is 40.9 Å². The van der Waals surface area contributed by atoms with Gasteiger partial charge in [0.25, 0.3) is 5.91 Å². The van der Waals surface area contributed by atoms with E-state index in [9.17, 15) is 4.79 Å². The average Bonchev–Trinajstić information content (AvgIpc) is 3.40. The Morgan fingerprint density at radius 1 is 0.906 bits per heavy atom. The molecule has 10 heteroatoms. The van der Waals surface area contributed by atoms with Crippen LogP contribution in [0.2, 0.25) is 10.0 Å². The smallest absolute Gasteiger partial charge is 0.276 e. The second-order valence-corrected chi connectivity index (χ2v) is 8.46. The number of benzene rings is 1. The number of carbonyl (C=O) groups excluding carboxylic acids is 1. The molecule has 166 valence electrons. The van der Waals surface area contributed by atoms with Crippen molar-refractivity contribution >= 4 is 34.8 Å². The molecule has 0 aliphatic carbocycles. The molecule has 0 spiro atoms. The monoisotopic (exact) mass is 471 g/mol. The molecule has 1 amide bonds. The quantitative estimate of drug-likeness (QED) is 0.444. The maximum atomic E-state index is 12.8. The van der Waals surface area contributed by atoms with Crippen molar-refractivity contribution in [1.29, 1.82) is 0 Å². The summed E-state index contributed by atoms with van der Waals surface area (Å²) in [5.74, 6) is -0.299. The number of hydrogen-bond acceptors (Lipinski definition) is 4. The molecule has 0 unspecified atom stereocenters. The molecule has 4 rings (SSSR count). The van der Waals surface area contributed by atoms with Gasteiger partial charge in [0, 0.05) is 11.2 Å². The van der Waals surface area contributed by atoms with Gasteiger partial charge in [-0.1, -0.05) is 35.3 Å². The molecule has 0 radical (unpaired) electrons. The van der Waals surface area contributed by atoms with Crippen molar-refractivity contribution in [3.05, 3.63) is 80.6 Å². The SMILES string of the molecule is Cc1nn(Cn2ccc(C(=O)Nc3c(C)nn(Cc4ccc(Cl)cc4)c3C)n2)c(C)c1Cl. The number of halogens is 2. The van der Waals surface area contributed by atoms with E-state index < -0.39 is 0 Å². The largest absolute Gasteiger partial charge is 0.317 e. The van der Waals surface area contributed by atoms with Crippen LogP contribution in [0.1, 0.15) is 38.8 Å². The lowest BCUT2D eigenvalue weighted by Gasteiger charge is -2.07. The van der Waals surface area contributed by atoms with Gasteiger partial charge in [0.15, 0.2) is 5.69 Å². The molecule has 3 heterocycles. The number of amides is 1. The van der Waals surface area contributed by atoms with Crippen molar-refractivity contribution in [3.63, 3.8) is 0 Å². The van der Waals surface area contributed by atoms with Gasteiger partial charge in [0.05, 0.1) is 40.0 Å². The number of rotatable bonds is 6. The molecule has 0 atom stereocenters. The number of carbonyl (C=O) groups is 1. The predicted molar refractivity (Wildman–Crippen MR) is 125 cm³/mol. The topological polar surface area (TPSA) is 82.6 Å².